The number of carbonyl (C=O) groups is 1. The lowest BCUT2D eigenvalue weighted by molar-refractivity contribution is 0.0816. The summed E-state index contributed by atoms with van der Waals surface area (Å²) in [6.07, 6.45) is 2.95. The van der Waals surface area contributed by atoms with Crippen molar-refractivity contribution in [3.63, 3.8) is 0 Å². The number of ketones is 1. The maximum Gasteiger partial charge on any atom is 0.232 e. The normalized spacial score (nSPS) is 11.6. The Morgan fingerprint density at radius 1 is 1.30 bits per heavy atom. The Morgan fingerprint density at radius 2 is 2.07 bits per heavy atom. The summed E-state index contributed by atoms with van der Waals surface area (Å²) < 4.78 is 56.5. The summed E-state index contributed by atoms with van der Waals surface area (Å²) in [5.74, 6) is -3.72. The van der Waals surface area contributed by atoms with Gasteiger partial charge in [0.2, 0.25) is 15.8 Å². The van der Waals surface area contributed by atoms with Crippen LogP contribution >= 0.6 is 0 Å². The van der Waals surface area contributed by atoms with Crippen molar-refractivity contribution < 1.29 is 31.9 Å². The number of halogens is 2. The van der Waals surface area contributed by atoms with Crippen LogP contribution in [-0.2, 0) is 10.0 Å². The number of pyridine rings is 1. The van der Waals surface area contributed by atoms with Gasteiger partial charge in [-0.05, 0) is 30.7 Å². The van der Waals surface area contributed by atoms with Crippen LogP contribution in [0.4, 0.5) is 14.5 Å². The van der Waals surface area contributed by atoms with Crippen LogP contribution in [0.3, 0.4) is 0 Å². The maximum absolute atomic E-state index is 15.0. The zero-order valence-corrected chi connectivity index (χ0v) is 16.7. The average molecular weight is 439 g/mol. The van der Waals surface area contributed by atoms with Gasteiger partial charge in [0.05, 0.1) is 35.4 Å². The summed E-state index contributed by atoms with van der Waals surface area (Å²) in [7, 11) is -3.85. The lowest BCUT2D eigenvalue weighted by atomic mass is 10.0. The first-order valence-electron chi connectivity index (χ1n) is 9.02. The molecule has 3 rings (SSSR count). The lowest BCUT2D eigenvalue weighted by Gasteiger charge is -2.11. The number of hydrogen-bond acceptors (Lipinski definition) is 6. The van der Waals surface area contributed by atoms with E-state index >= 15 is 0 Å². The third kappa shape index (κ3) is 4.26. The van der Waals surface area contributed by atoms with Crippen LogP contribution < -0.4 is 9.56 Å². The SMILES string of the molecule is CCCS(=O)(=O)Nc1ccc(F)c(C(=O)c2cn(OCCO)c3ncccc23)c1F. The third-order valence-corrected chi connectivity index (χ3v) is 5.63. The van der Waals surface area contributed by atoms with Crippen molar-refractivity contribution in [2.75, 3.05) is 23.7 Å². The number of aliphatic hydroxyl groups is 1. The minimum absolute atomic E-state index is 0.0919. The molecule has 0 unspecified atom stereocenters. The number of rotatable bonds is 9. The smallest absolute Gasteiger partial charge is 0.232 e. The molecule has 1 aromatic carbocycles. The molecule has 11 heteroatoms. The maximum atomic E-state index is 15.0. The standard InChI is InChI=1S/C19H19F2N3O5S/c1-2-10-30(27,28)23-15-6-5-14(20)16(17(15)21)18(26)13-11-24(29-9-8-25)19-12(13)4-3-7-22-19/h3-7,11,23,25H,2,8-10H2,1H3. The molecular formula is C19H19F2N3O5S. The van der Waals surface area contributed by atoms with Gasteiger partial charge in [-0.15, -0.1) is 0 Å². The van der Waals surface area contributed by atoms with Crippen molar-refractivity contribution in [2.45, 2.75) is 13.3 Å². The number of fused-ring (bicyclic) bond motifs is 1. The fourth-order valence-electron chi connectivity index (χ4n) is 2.91. The van der Waals surface area contributed by atoms with Crippen LogP contribution in [0, 0.1) is 11.6 Å². The molecule has 30 heavy (non-hydrogen) atoms. The first kappa shape index (κ1) is 21.7. The van der Waals surface area contributed by atoms with Crippen LogP contribution in [0.2, 0.25) is 0 Å². The minimum atomic E-state index is -3.85. The lowest BCUT2D eigenvalue weighted by Crippen LogP contribution is -2.18. The summed E-state index contributed by atoms with van der Waals surface area (Å²) in [4.78, 5) is 22.4. The Bertz CT molecular complexity index is 1190. The molecule has 0 aliphatic carbocycles. The van der Waals surface area contributed by atoms with Crippen LogP contribution in [0.5, 0.6) is 0 Å². The molecule has 0 bridgehead atoms. The van der Waals surface area contributed by atoms with Crippen molar-refractivity contribution in [3.05, 3.63) is 59.4 Å². The number of hydrogen-bond donors (Lipinski definition) is 2. The minimum Gasteiger partial charge on any atom is -0.410 e. The molecular weight excluding hydrogens is 420 g/mol. The highest BCUT2D eigenvalue weighted by molar-refractivity contribution is 7.92. The molecule has 8 nitrogen and oxygen atoms in total. The van der Waals surface area contributed by atoms with E-state index in [9.17, 15) is 22.0 Å². The van der Waals surface area contributed by atoms with Crippen LogP contribution in [0.1, 0.15) is 29.3 Å². The molecule has 3 aromatic rings. The van der Waals surface area contributed by atoms with E-state index in [0.717, 1.165) is 16.9 Å². The third-order valence-electron chi connectivity index (χ3n) is 4.15. The predicted octanol–water partition coefficient (Wildman–Crippen LogP) is 2.12. The second-order valence-electron chi connectivity index (χ2n) is 6.33. The fourth-order valence-corrected chi connectivity index (χ4v) is 4.04. The number of benzene rings is 1. The van der Waals surface area contributed by atoms with Crippen molar-refractivity contribution in [3.8, 4) is 0 Å². The van der Waals surface area contributed by atoms with Gasteiger partial charge < -0.3 is 9.94 Å². The molecule has 0 saturated carbocycles. The second-order valence-corrected chi connectivity index (χ2v) is 8.18. The zero-order chi connectivity index (χ0) is 21.9. The van der Waals surface area contributed by atoms with E-state index < -0.39 is 38.7 Å². The van der Waals surface area contributed by atoms with E-state index in [1.807, 2.05) is 4.72 Å². The van der Waals surface area contributed by atoms with Crippen LogP contribution in [-0.4, -0.2) is 48.0 Å². The highest BCUT2D eigenvalue weighted by atomic mass is 32.2. The van der Waals surface area contributed by atoms with Gasteiger partial charge in [0.1, 0.15) is 12.4 Å². The predicted molar refractivity (Wildman–Crippen MR) is 106 cm³/mol. The van der Waals surface area contributed by atoms with E-state index in [2.05, 4.69) is 4.98 Å². The van der Waals surface area contributed by atoms with Gasteiger partial charge in [0, 0.05) is 11.6 Å². The number of aromatic nitrogens is 2. The average Bonchev–Trinajstić information content (AvgIpc) is 3.07. The van der Waals surface area contributed by atoms with Crippen LogP contribution in [0.25, 0.3) is 11.0 Å². The van der Waals surface area contributed by atoms with Crippen LogP contribution in [0.15, 0.2) is 36.7 Å². The molecule has 0 aliphatic heterocycles. The zero-order valence-electron chi connectivity index (χ0n) is 15.9. The number of anilines is 1. The molecule has 2 N–H and O–H groups in total. The number of carbonyl (C=O) groups excluding carboxylic acids is 1. The van der Waals surface area contributed by atoms with E-state index in [1.54, 1.807) is 6.92 Å². The van der Waals surface area contributed by atoms with Crippen molar-refractivity contribution in [2.24, 2.45) is 0 Å². The fraction of sp³-hybridized carbons (Fsp3) is 0.263. The molecule has 0 amide bonds. The highest BCUT2D eigenvalue weighted by Crippen LogP contribution is 2.28. The van der Waals surface area contributed by atoms with Gasteiger partial charge in [-0.1, -0.05) is 6.92 Å². The topological polar surface area (TPSA) is 111 Å². The number of sulfonamides is 1. The summed E-state index contributed by atoms with van der Waals surface area (Å²) in [6.45, 7) is 1.25. The van der Waals surface area contributed by atoms with E-state index in [0.29, 0.717) is 6.42 Å². The van der Waals surface area contributed by atoms with Crippen molar-refractivity contribution in [1.29, 1.82) is 0 Å². The Morgan fingerprint density at radius 3 is 2.77 bits per heavy atom. The highest BCUT2D eigenvalue weighted by Gasteiger charge is 2.26. The molecule has 0 spiro atoms. The monoisotopic (exact) mass is 439 g/mol. The van der Waals surface area contributed by atoms with E-state index in [1.165, 1.54) is 24.5 Å². The Labute approximate surface area is 171 Å². The van der Waals surface area contributed by atoms with Gasteiger partial charge in [-0.2, -0.15) is 4.73 Å². The summed E-state index contributed by atoms with van der Waals surface area (Å²) in [5, 5.41) is 9.22. The first-order chi connectivity index (χ1) is 14.3. The van der Waals surface area contributed by atoms with E-state index in [4.69, 9.17) is 9.94 Å². The van der Waals surface area contributed by atoms with E-state index in [-0.39, 0.29) is 35.6 Å². The molecule has 0 fully saturated rings. The van der Waals surface area contributed by atoms with Crippen molar-refractivity contribution >= 4 is 32.5 Å². The number of aliphatic hydroxyl groups excluding tert-OH is 1. The molecule has 0 aliphatic rings. The van der Waals surface area contributed by atoms with Gasteiger partial charge in [-0.25, -0.2) is 22.2 Å². The van der Waals surface area contributed by atoms with Gasteiger partial charge in [0.25, 0.3) is 0 Å². The molecule has 160 valence electrons. The Balaban J connectivity index is 2.09. The molecule has 2 heterocycles. The summed E-state index contributed by atoms with van der Waals surface area (Å²) in [5.41, 5.74) is -1.30. The summed E-state index contributed by atoms with van der Waals surface area (Å²) >= 11 is 0. The molecule has 0 atom stereocenters. The Hall–Kier alpha value is -3.05. The summed E-state index contributed by atoms with van der Waals surface area (Å²) in [6, 6.07) is 4.80. The second kappa shape index (κ2) is 8.76. The Kier molecular flexibility index (Phi) is 6.32. The molecule has 0 radical (unpaired) electrons. The van der Waals surface area contributed by atoms with Gasteiger partial charge >= 0.3 is 0 Å². The molecule has 2 aromatic heterocycles. The quantitative estimate of drug-likeness (QED) is 0.494. The van der Waals surface area contributed by atoms with Crippen molar-refractivity contribution in [1.82, 2.24) is 9.71 Å². The van der Waals surface area contributed by atoms with Gasteiger partial charge in [-0.3, -0.25) is 9.52 Å². The largest absolute Gasteiger partial charge is 0.410 e. The molecule has 0 saturated heterocycles. The van der Waals surface area contributed by atoms with Gasteiger partial charge in [0.15, 0.2) is 11.5 Å². The number of nitrogens with one attached hydrogen (secondary N) is 1. The number of nitrogens with zero attached hydrogens (tertiary/aromatic N) is 2. The first-order valence-corrected chi connectivity index (χ1v) is 10.7.